The Morgan fingerprint density at radius 1 is 1.12 bits per heavy atom. The molecule has 2 N–H and O–H groups in total. The molecule has 0 atom stereocenters. The summed E-state index contributed by atoms with van der Waals surface area (Å²) in [5.41, 5.74) is 5.27. The fraction of sp³-hybridized carbons (Fsp3) is 0. The van der Waals surface area contributed by atoms with Gasteiger partial charge in [-0.2, -0.15) is 3.94 Å². The van der Waals surface area contributed by atoms with Crippen molar-refractivity contribution < 1.29 is 9.59 Å². The molecule has 4 nitrogen and oxygen atoms in total. The zero-order chi connectivity index (χ0) is 13.0. The summed E-state index contributed by atoms with van der Waals surface area (Å²) in [7, 11) is 0. The third-order valence-corrected chi connectivity index (χ3v) is 2.55. The van der Waals surface area contributed by atoms with Crippen LogP contribution in [0.15, 0.2) is 35.4 Å². The van der Waals surface area contributed by atoms with Gasteiger partial charge in [0.05, 0.1) is 5.57 Å². The zero-order valence-corrected chi connectivity index (χ0v) is 10.6. The van der Waals surface area contributed by atoms with Crippen LogP contribution in [-0.4, -0.2) is 15.8 Å². The molecular weight excluding hydrogens is 286 g/mol. The van der Waals surface area contributed by atoms with Crippen molar-refractivity contribution in [2.45, 2.75) is 0 Å². The Kier molecular flexibility index (Phi) is 4.81. The zero-order valence-electron chi connectivity index (χ0n) is 8.36. The van der Waals surface area contributed by atoms with Gasteiger partial charge in [-0.05, 0) is 5.56 Å². The third kappa shape index (κ3) is 3.36. The molecule has 0 aromatic heterocycles. The standard InChI is InChI=1S/C10H7Cl3N2O2/c11-8(9(14)16)7(10(17)15(12)13)6-4-2-1-3-5-6/h1-5H,(H2,14,16)/b8-7+. The normalized spacial score (nSPS) is 11.7. The second kappa shape index (κ2) is 5.91. The average Bonchev–Trinajstić information content (AvgIpc) is 2.30. The van der Waals surface area contributed by atoms with Crippen LogP contribution >= 0.6 is 35.2 Å². The lowest BCUT2D eigenvalue weighted by atomic mass is 10.0. The number of primary amides is 1. The van der Waals surface area contributed by atoms with E-state index in [0.717, 1.165) is 0 Å². The van der Waals surface area contributed by atoms with Crippen LogP contribution in [0.3, 0.4) is 0 Å². The first-order chi connectivity index (χ1) is 7.95. The van der Waals surface area contributed by atoms with Gasteiger partial charge in [-0.15, -0.1) is 0 Å². The van der Waals surface area contributed by atoms with E-state index in [1.165, 1.54) is 0 Å². The number of halogens is 3. The lowest BCUT2D eigenvalue weighted by Gasteiger charge is -2.10. The van der Waals surface area contributed by atoms with E-state index >= 15 is 0 Å². The van der Waals surface area contributed by atoms with Crippen molar-refractivity contribution in [2.24, 2.45) is 5.73 Å². The molecule has 0 aliphatic rings. The van der Waals surface area contributed by atoms with Crippen LogP contribution in [0.1, 0.15) is 5.56 Å². The first-order valence-corrected chi connectivity index (χ1v) is 5.41. The molecule has 1 aromatic rings. The third-order valence-electron chi connectivity index (χ3n) is 1.87. The van der Waals surface area contributed by atoms with Crippen LogP contribution < -0.4 is 5.73 Å². The molecule has 1 rings (SSSR count). The van der Waals surface area contributed by atoms with Crippen molar-refractivity contribution in [3.8, 4) is 0 Å². The van der Waals surface area contributed by atoms with Crippen LogP contribution in [-0.2, 0) is 9.59 Å². The Morgan fingerprint density at radius 3 is 2.06 bits per heavy atom. The second-order valence-electron chi connectivity index (χ2n) is 2.96. The highest BCUT2D eigenvalue weighted by Gasteiger charge is 2.23. The number of hydrogen-bond acceptors (Lipinski definition) is 2. The molecule has 0 aliphatic carbocycles. The van der Waals surface area contributed by atoms with E-state index in [1.54, 1.807) is 30.3 Å². The Hall–Kier alpha value is -1.23. The largest absolute Gasteiger partial charge is 0.365 e. The Bertz CT molecular complexity index is 472. The van der Waals surface area contributed by atoms with E-state index in [4.69, 9.17) is 40.9 Å². The quantitative estimate of drug-likeness (QED) is 0.686. The van der Waals surface area contributed by atoms with Gasteiger partial charge in [-0.25, -0.2) is 0 Å². The highest BCUT2D eigenvalue weighted by Crippen LogP contribution is 2.25. The minimum absolute atomic E-state index is 0.148. The van der Waals surface area contributed by atoms with E-state index in [-0.39, 0.29) is 9.51 Å². The SMILES string of the molecule is NC(=O)/C(Cl)=C(\C(=O)N(Cl)Cl)c1ccccc1. The molecule has 0 spiro atoms. The van der Waals surface area contributed by atoms with Crippen LogP contribution in [0.5, 0.6) is 0 Å². The summed E-state index contributed by atoms with van der Waals surface area (Å²) in [5, 5.41) is -0.424. The van der Waals surface area contributed by atoms with Gasteiger partial charge in [0.2, 0.25) is 0 Å². The van der Waals surface area contributed by atoms with Crippen LogP contribution in [0, 0.1) is 0 Å². The van der Waals surface area contributed by atoms with Gasteiger partial charge >= 0.3 is 0 Å². The van der Waals surface area contributed by atoms with Gasteiger partial charge in [-0.3, -0.25) is 9.59 Å². The topological polar surface area (TPSA) is 63.4 Å². The molecule has 0 heterocycles. The number of rotatable bonds is 3. The number of nitrogens with two attached hydrogens (primary N) is 1. The van der Waals surface area contributed by atoms with E-state index in [9.17, 15) is 9.59 Å². The van der Waals surface area contributed by atoms with E-state index < -0.39 is 16.8 Å². The number of hydrogen-bond donors (Lipinski definition) is 1. The van der Waals surface area contributed by atoms with E-state index in [0.29, 0.717) is 5.56 Å². The number of benzene rings is 1. The molecule has 0 bridgehead atoms. The van der Waals surface area contributed by atoms with Crippen molar-refractivity contribution in [3.63, 3.8) is 0 Å². The van der Waals surface area contributed by atoms with Crippen molar-refractivity contribution in [2.75, 3.05) is 0 Å². The lowest BCUT2D eigenvalue weighted by Crippen LogP contribution is -2.19. The number of carbonyl (C=O) groups excluding carboxylic acids is 2. The van der Waals surface area contributed by atoms with Crippen LogP contribution in [0.2, 0.25) is 0 Å². The maximum atomic E-state index is 11.7. The smallest absolute Gasteiger partial charge is 0.285 e. The first kappa shape index (κ1) is 13.8. The van der Waals surface area contributed by atoms with Gasteiger partial charge in [0.15, 0.2) is 0 Å². The predicted molar refractivity (Wildman–Crippen MR) is 67.0 cm³/mol. The summed E-state index contributed by atoms with van der Waals surface area (Å²) in [4.78, 5) is 22.7. The molecule has 0 aliphatic heterocycles. The molecular formula is C10H7Cl3N2O2. The van der Waals surface area contributed by atoms with Gasteiger partial charge in [-0.1, -0.05) is 41.9 Å². The van der Waals surface area contributed by atoms with Gasteiger partial charge in [0.1, 0.15) is 5.03 Å². The predicted octanol–water partition coefficient (Wildman–Crippen LogP) is 2.26. The molecule has 90 valence electrons. The fourth-order valence-corrected chi connectivity index (χ4v) is 1.52. The molecule has 1 aromatic carbocycles. The molecule has 2 amide bonds. The summed E-state index contributed by atoms with van der Waals surface area (Å²) in [6, 6.07) is 8.23. The highest BCUT2D eigenvalue weighted by molar-refractivity contribution is 6.54. The number of nitrogens with zero attached hydrogens (tertiary/aromatic N) is 1. The van der Waals surface area contributed by atoms with E-state index in [2.05, 4.69) is 0 Å². The van der Waals surface area contributed by atoms with Crippen LogP contribution in [0.25, 0.3) is 5.57 Å². The summed E-state index contributed by atoms with van der Waals surface area (Å²) in [6.45, 7) is 0. The van der Waals surface area contributed by atoms with E-state index in [1.807, 2.05) is 0 Å². The minimum atomic E-state index is -0.936. The number of amides is 2. The Morgan fingerprint density at radius 2 is 1.65 bits per heavy atom. The molecule has 7 heteroatoms. The maximum Gasteiger partial charge on any atom is 0.285 e. The molecule has 0 unspecified atom stereocenters. The van der Waals surface area contributed by atoms with Crippen molar-refractivity contribution in [1.29, 1.82) is 0 Å². The minimum Gasteiger partial charge on any atom is -0.365 e. The summed E-state index contributed by atoms with van der Waals surface area (Å²) in [5.74, 6) is -1.77. The molecule has 0 fully saturated rings. The summed E-state index contributed by atoms with van der Waals surface area (Å²) >= 11 is 16.3. The first-order valence-electron chi connectivity index (χ1n) is 4.36. The Labute approximate surface area is 113 Å². The fourth-order valence-electron chi connectivity index (χ4n) is 1.16. The second-order valence-corrected chi connectivity index (χ2v) is 4.18. The highest BCUT2D eigenvalue weighted by atomic mass is 35.5. The van der Waals surface area contributed by atoms with Gasteiger partial charge < -0.3 is 5.73 Å². The monoisotopic (exact) mass is 292 g/mol. The molecule has 0 saturated carbocycles. The van der Waals surface area contributed by atoms with Crippen molar-refractivity contribution in [3.05, 3.63) is 40.9 Å². The van der Waals surface area contributed by atoms with Gasteiger partial charge in [0, 0.05) is 23.6 Å². The Balaban J connectivity index is 3.37. The van der Waals surface area contributed by atoms with Gasteiger partial charge in [0.25, 0.3) is 11.8 Å². The lowest BCUT2D eigenvalue weighted by molar-refractivity contribution is -0.118. The molecule has 17 heavy (non-hydrogen) atoms. The molecule has 0 radical (unpaired) electrons. The van der Waals surface area contributed by atoms with Crippen molar-refractivity contribution >= 4 is 52.5 Å². The average molecular weight is 294 g/mol. The molecule has 0 saturated heterocycles. The number of carbonyl (C=O) groups is 2. The maximum absolute atomic E-state index is 11.7. The summed E-state index contributed by atoms with van der Waals surface area (Å²) in [6.07, 6.45) is 0. The van der Waals surface area contributed by atoms with Crippen LogP contribution in [0.4, 0.5) is 0 Å². The summed E-state index contributed by atoms with van der Waals surface area (Å²) < 4.78 is 0.285. The van der Waals surface area contributed by atoms with Crippen molar-refractivity contribution in [1.82, 2.24) is 3.94 Å².